The molecule has 1 N–H and O–H groups in total. The average molecular weight is 423 g/mol. The van der Waals surface area contributed by atoms with E-state index in [0.717, 1.165) is 31.2 Å². The molecular weight excluding hydrogens is 408 g/mol. The molecule has 3 rings (SSSR count). The van der Waals surface area contributed by atoms with E-state index in [1.54, 1.807) is 18.4 Å². The summed E-state index contributed by atoms with van der Waals surface area (Å²) in [6, 6.07) is 9.75. The number of nitrogens with one attached hydrogen (secondary N) is 1. The van der Waals surface area contributed by atoms with Gasteiger partial charge in [-0.2, -0.15) is 0 Å². The highest BCUT2D eigenvalue weighted by molar-refractivity contribution is 9.11. The summed E-state index contributed by atoms with van der Waals surface area (Å²) < 4.78 is 6.30. The van der Waals surface area contributed by atoms with Crippen molar-refractivity contribution in [3.8, 4) is 16.3 Å². The van der Waals surface area contributed by atoms with Crippen LogP contribution in [0.5, 0.6) is 5.75 Å². The third-order valence-electron chi connectivity index (χ3n) is 3.40. The van der Waals surface area contributed by atoms with Gasteiger partial charge in [-0.25, -0.2) is 4.98 Å². The molecule has 0 spiro atoms. The van der Waals surface area contributed by atoms with Crippen molar-refractivity contribution in [2.24, 2.45) is 0 Å². The maximum Gasteiger partial charge on any atom is 0.230 e. The van der Waals surface area contributed by atoms with E-state index in [0.29, 0.717) is 11.6 Å². The van der Waals surface area contributed by atoms with Gasteiger partial charge >= 0.3 is 0 Å². The van der Waals surface area contributed by atoms with Gasteiger partial charge in [-0.15, -0.1) is 22.7 Å². The molecule has 1 amide bonds. The summed E-state index contributed by atoms with van der Waals surface area (Å²) in [6.07, 6.45) is 0.310. The summed E-state index contributed by atoms with van der Waals surface area (Å²) in [5, 5.41) is 5.43. The Bertz CT molecular complexity index is 873. The summed E-state index contributed by atoms with van der Waals surface area (Å²) in [7, 11) is 1.64. The number of halogens is 1. The SMILES string of the molecule is COc1ccc(CC(=O)Nc2nc(-c3ccc(Br)s3)cs2)cc1C. The number of thiazole rings is 1. The zero-order valence-corrected chi connectivity index (χ0v) is 16.3. The number of methoxy groups -OCH3 is 1. The van der Waals surface area contributed by atoms with E-state index >= 15 is 0 Å². The number of anilines is 1. The molecular formula is C17H15BrN2O2S2. The van der Waals surface area contributed by atoms with Gasteiger partial charge < -0.3 is 10.1 Å². The number of thiophene rings is 1. The second-order valence-corrected chi connectivity index (χ2v) is 8.49. The van der Waals surface area contributed by atoms with Crippen molar-refractivity contribution in [2.75, 3.05) is 12.4 Å². The predicted octanol–water partition coefficient (Wildman–Crippen LogP) is 5.13. The fourth-order valence-electron chi connectivity index (χ4n) is 2.30. The Morgan fingerprint density at radius 2 is 2.17 bits per heavy atom. The third-order valence-corrected chi connectivity index (χ3v) is 5.80. The lowest BCUT2D eigenvalue weighted by molar-refractivity contribution is -0.115. The highest BCUT2D eigenvalue weighted by atomic mass is 79.9. The van der Waals surface area contributed by atoms with Crippen LogP contribution in [0.3, 0.4) is 0 Å². The first-order chi connectivity index (χ1) is 11.5. The van der Waals surface area contributed by atoms with Gasteiger partial charge in [0.1, 0.15) is 5.75 Å². The predicted molar refractivity (Wildman–Crippen MR) is 103 cm³/mol. The topological polar surface area (TPSA) is 51.2 Å². The first kappa shape index (κ1) is 17.1. The van der Waals surface area contributed by atoms with Crippen molar-refractivity contribution in [3.05, 3.63) is 50.6 Å². The van der Waals surface area contributed by atoms with Gasteiger partial charge in [-0.05, 0) is 52.2 Å². The van der Waals surface area contributed by atoms with E-state index in [1.807, 2.05) is 42.6 Å². The summed E-state index contributed by atoms with van der Waals surface area (Å²) >= 11 is 6.49. The molecule has 0 unspecified atom stereocenters. The number of ether oxygens (including phenoxy) is 1. The molecule has 124 valence electrons. The molecule has 4 nitrogen and oxygen atoms in total. The molecule has 0 radical (unpaired) electrons. The first-order valence-corrected chi connectivity index (χ1v) is 9.68. The van der Waals surface area contributed by atoms with E-state index in [1.165, 1.54) is 11.3 Å². The summed E-state index contributed by atoms with van der Waals surface area (Å²) in [5.41, 5.74) is 2.85. The normalized spacial score (nSPS) is 10.6. The molecule has 3 aromatic rings. The molecule has 2 aromatic heterocycles. The number of hydrogen-bond acceptors (Lipinski definition) is 5. The van der Waals surface area contributed by atoms with Gasteiger partial charge in [-0.1, -0.05) is 12.1 Å². The molecule has 24 heavy (non-hydrogen) atoms. The van der Waals surface area contributed by atoms with Crippen LogP contribution in [0.1, 0.15) is 11.1 Å². The molecule has 0 atom stereocenters. The molecule has 0 fully saturated rings. The summed E-state index contributed by atoms with van der Waals surface area (Å²) in [4.78, 5) is 17.8. The standard InChI is InChI=1S/C17H15BrN2O2S2/c1-10-7-11(3-4-13(10)22-2)8-16(21)20-17-19-12(9-23-17)14-5-6-15(18)24-14/h3-7,9H,8H2,1-2H3,(H,19,20,21). The van der Waals surface area contributed by atoms with Gasteiger partial charge in [0, 0.05) is 5.38 Å². The van der Waals surface area contributed by atoms with E-state index in [9.17, 15) is 4.79 Å². The maximum atomic E-state index is 12.2. The average Bonchev–Trinajstić information content (AvgIpc) is 3.16. The van der Waals surface area contributed by atoms with Crippen molar-refractivity contribution in [1.82, 2.24) is 4.98 Å². The van der Waals surface area contributed by atoms with Crippen LogP contribution in [0.15, 0.2) is 39.5 Å². The Balaban J connectivity index is 1.65. The van der Waals surface area contributed by atoms with Crippen LogP contribution in [0.25, 0.3) is 10.6 Å². The molecule has 0 aliphatic heterocycles. The lowest BCUT2D eigenvalue weighted by Gasteiger charge is -2.07. The molecule has 7 heteroatoms. The zero-order chi connectivity index (χ0) is 17.1. The Kier molecular flexibility index (Phi) is 5.33. The number of carbonyl (C=O) groups excluding carboxylic acids is 1. The molecule has 0 aliphatic carbocycles. The Hall–Kier alpha value is -1.70. The highest BCUT2D eigenvalue weighted by Crippen LogP contribution is 2.33. The smallest absolute Gasteiger partial charge is 0.230 e. The largest absolute Gasteiger partial charge is 0.496 e. The highest BCUT2D eigenvalue weighted by Gasteiger charge is 2.11. The van der Waals surface area contributed by atoms with Crippen LogP contribution in [-0.4, -0.2) is 18.0 Å². The van der Waals surface area contributed by atoms with Crippen molar-refractivity contribution >= 4 is 49.6 Å². The first-order valence-electron chi connectivity index (χ1n) is 7.20. The molecule has 0 saturated heterocycles. The number of nitrogens with zero attached hydrogens (tertiary/aromatic N) is 1. The number of benzene rings is 1. The van der Waals surface area contributed by atoms with E-state index < -0.39 is 0 Å². The number of rotatable bonds is 5. The summed E-state index contributed by atoms with van der Waals surface area (Å²) in [5.74, 6) is 0.749. The summed E-state index contributed by atoms with van der Waals surface area (Å²) in [6.45, 7) is 1.96. The second kappa shape index (κ2) is 7.46. The van der Waals surface area contributed by atoms with Gasteiger partial charge in [0.15, 0.2) is 5.13 Å². The van der Waals surface area contributed by atoms with Crippen LogP contribution >= 0.6 is 38.6 Å². The Labute approximate surface area is 156 Å². The van der Waals surface area contributed by atoms with E-state index in [4.69, 9.17) is 4.74 Å². The van der Waals surface area contributed by atoms with Crippen LogP contribution in [-0.2, 0) is 11.2 Å². The lowest BCUT2D eigenvalue weighted by atomic mass is 10.1. The van der Waals surface area contributed by atoms with Gasteiger partial charge in [0.25, 0.3) is 0 Å². The quantitative estimate of drug-likeness (QED) is 0.619. The lowest BCUT2D eigenvalue weighted by Crippen LogP contribution is -2.14. The van der Waals surface area contributed by atoms with Gasteiger partial charge in [-0.3, -0.25) is 4.79 Å². The van der Waals surface area contributed by atoms with E-state index in [2.05, 4.69) is 26.2 Å². The minimum atomic E-state index is -0.0761. The van der Waals surface area contributed by atoms with Crippen LogP contribution in [0, 0.1) is 6.92 Å². The minimum absolute atomic E-state index is 0.0761. The molecule has 0 saturated carbocycles. The van der Waals surface area contributed by atoms with Gasteiger partial charge in [0.2, 0.25) is 5.91 Å². The van der Waals surface area contributed by atoms with Crippen LogP contribution in [0.4, 0.5) is 5.13 Å². The van der Waals surface area contributed by atoms with E-state index in [-0.39, 0.29) is 5.91 Å². The van der Waals surface area contributed by atoms with Crippen LogP contribution < -0.4 is 10.1 Å². The fourth-order valence-corrected chi connectivity index (χ4v) is 4.44. The van der Waals surface area contributed by atoms with Crippen molar-refractivity contribution in [2.45, 2.75) is 13.3 Å². The minimum Gasteiger partial charge on any atom is -0.496 e. The fraction of sp³-hybridized carbons (Fsp3) is 0.176. The zero-order valence-electron chi connectivity index (χ0n) is 13.1. The number of aryl methyl sites for hydroxylation is 1. The third kappa shape index (κ3) is 4.03. The van der Waals surface area contributed by atoms with Gasteiger partial charge in [0.05, 0.1) is 27.9 Å². The number of carbonyl (C=O) groups is 1. The maximum absolute atomic E-state index is 12.2. The Morgan fingerprint density at radius 3 is 2.83 bits per heavy atom. The number of hydrogen-bond donors (Lipinski definition) is 1. The molecule has 0 bridgehead atoms. The molecule has 1 aromatic carbocycles. The molecule has 0 aliphatic rings. The van der Waals surface area contributed by atoms with Crippen molar-refractivity contribution in [1.29, 1.82) is 0 Å². The monoisotopic (exact) mass is 422 g/mol. The van der Waals surface area contributed by atoms with Crippen molar-refractivity contribution in [3.63, 3.8) is 0 Å². The van der Waals surface area contributed by atoms with Crippen molar-refractivity contribution < 1.29 is 9.53 Å². The van der Waals surface area contributed by atoms with Crippen LogP contribution in [0.2, 0.25) is 0 Å². The molecule has 2 heterocycles. The second-order valence-electron chi connectivity index (χ2n) is 5.17. The number of amides is 1. The Morgan fingerprint density at radius 1 is 1.33 bits per heavy atom. The number of aromatic nitrogens is 1.